The summed E-state index contributed by atoms with van der Waals surface area (Å²) in [6, 6.07) is 1.000. The van der Waals surface area contributed by atoms with E-state index in [0.29, 0.717) is 0 Å². The van der Waals surface area contributed by atoms with Gasteiger partial charge in [-0.15, -0.1) is 0 Å². The van der Waals surface area contributed by atoms with Crippen LogP contribution >= 0.6 is 23.2 Å². The van der Waals surface area contributed by atoms with E-state index in [0.717, 1.165) is 6.08 Å². The molecule has 13 heteroatoms. The van der Waals surface area contributed by atoms with Gasteiger partial charge in [0.2, 0.25) is 6.10 Å². The van der Waals surface area contributed by atoms with Crippen molar-refractivity contribution in [1.29, 1.82) is 5.41 Å². The molecule has 1 aromatic carbocycles. The highest BCUT2D eigenvalue weighted by Gasteiger charge is 2.49. The van der Waals surface area contributed by atoms with Gasteiger partial charge in [-0.3, -0.25) is 10.2 Å². The number of guanidine groups is 1. The number of hydrogen-bond acceptors (Lipinski definition) is 4. The molecule has 6 N–H and O–H groups in total. The minimum atomic E-state index is -4.96. The molecule has 30 heavy (non-hydrogen) atoms. The fraction of sp³-hybridized carbons (Fsp3) is 0.353. The van der Waals surface area contributed by atoms with E-state index in [4.69, 9.17) is 39.1 Å². The van der Waals surface area contributed by atoms with E-state index in [2.05, 4.69) is 10.6 Å². The van der Waals surface area contributed by atoms with E-state index in [1.807, 2.05) is 0 Å². The topological polar surface area (TPSA) is 138 Å². The number of nitrogens with one attached hydrogen (secondary N) is 3. The van der Waals surface area contributed by atoms with Crippen LogP contribution in [-0.2, 0) is 9.59 Å². The van der Waals surface area contributed by atoms with Crippen LogP contribution in [0.4, 0.5) is 13.2 Å². The van der Waals surface area contributed by atoms with Crippen molar-refractivity contribution in [3.63, 3.8) is 0 Å². The number of amides is 1. The van der Waals surface area contributed by atoms with Crippen LogP contribution in [0.25, 0.3) is 6.08 Å². The molecule has 1 aliphatic heterocycles. The molecule has 1 aromatic rings. The lowest BCUT2D eigenvalue weighted by molar-refractivity contribution is -0.185. The quantitative estimate of drug-likeness (QED) is 0.237. The average Bonchev–Trinajstić information content (AvgIpc) is 2.61. The summed E-state index contributed by atoms with van der Waals surface area (Å²) in [6.45, 7) is 0.149. The summed E-state index contributed by atoms with van der Waals surface area (Å²) >= 11 is 11.7. The van der Waals surface area contributed by atoms with E-state index in [1.54, 1.807) is 0 Å². The van der Waals surface area contributed by atoms with Crippen LogP contribution < -0.4 is 21.1 Å². The maximum absolute atomic E-state index is 13.5. The summed E-state index contributed by atoms with van der Waals surface area (Å²) in [6.07, 6.45) is -6.62. The van der Waals surface area contributed by atoms with Crippen molar-refractivity contribution in [2.75, 3.05) is 6.54 Å². The number of ether oxygens (including phenoxy) is 1. The first-order valence-electron chi connectivity index (χ1n) is 8.45. The molecule has 0 aromatic heterocycles. The Hall–Kier alpha value is -2.66. The molecular formula is C17H17Cl2F3N4O4. The molecule has 0 aliphatic carbocycles. The maximum Gasteiger partial charge on any atom is 0.429 e. The standard InChI is InChI=1S/C17H17Cl2F3N4O4/c18-8-4-7-5-9(13(17(20,21)22)30-12(7)10(19)6-8)14(27)26-11(15(28)29)2-1-3-25-16(23)24/h4-6,11,13H,1-3H2,(H,26,27)(H,28,29)(H4,23,24,25)/t11-,13?/m0/s1. The van der Waals surface area contributed by atoms with Gasteiger partial charge in [-0.05, 0) is 31.1 Å². The number of alkyl halides is 3. The zero-order valence-corrected chi connectivity index (χ0v) is 16.7. The van der Waals surface area contributed by atoms with Crippen molar-refractivity contribution in [3.05, 3.63) is 33.3 Å². The molecule has 2 atom stereocenters. The molecule has 0 saturated carbocycles. The number of carboxylic acids is 1. The first-order chi connectivity index (χ1) is 13.9. The first-order valence-corrected chi connectivity index (χ1v) is 9.21. The van der Waals surface area contributed by atoms with Gasteiger partial charge in [0.15, 0.2) is 5.96 Å². The molecule has 8 nitrogen and oxygen atoms in total. The van der Waals surface area contributed by atoms with Crippen molar-refractivity contribution < 1.29 is 32.6 Å². The van der Waals surface area contributed by atoms with Gasteiger partial charge >= 0.3 is 12.1 Å². The van der Waals surface area contributed by atoms with E-state index in [1.165, 1.54) is 12.1 Å². The van der Waals surface area contributed by atoms with Crippen molar-refractivity contribution in [1.82, 2.24) is 10.6 Å². The molecule has 1 aliphatic rings. The predicted molar refractivity (Wildman–Crippen MR) is 104 cm³/mol. The number of aliphatic carboxylic acids is 1. The van der Waals surface area contributed by atoms with Gasteiger partial charge < -0.3 is 26.2 Å². The Morgan fingerprint density at radius 3 is 2.57 bits per heavy atom. The third-order valence-electron chi connectivity index (χ3n) is 4.01. The molecule has 0 bridgehead atoms. The van der Waals surface area contributed by atoms with Crippen LogP contribution in [0.2, 0.25) is 10.0 Å². The number of fused-ring (bicyclic) bond motifs is 1. The molecule has 1 heterocycles. The summed E-state index contributed by atoms with van der Waals surface area (Å²) < 4.78 is 45.5. The van der Waals surface area contributed by atoms with E-state index >= 15 is 0 Å². The van der Waals surface area contributed by atoms with E-state index in [-0.39, 0.29) is 46.7 Å². The number of carbonyl (C=O) groups excluding carboxylic acids is 1. The smallest absolute Gasteiger partial charge is 0.429 e. The van der Waals surface area contributed by atoms with Gasteiger partial charge in [-0.2, -0.15) is 13.2 Å². The molecule has 164 valence electrons. The van der Waals surface area contributed by atoms with Crippen molar-refractivity contribution >= 4 is 47.1 Å². The second-order valence-electron chi connectivity index (χ2n) is 6.29. The molecule has 1 unspecified atom stereocenters. The Balaban J connectivity index is 2.27. The lowest BCUT2D eigenvalue weighted by atomic mass is 9.99. The molecule has 2 rings (SSSR count). The Bertz CT molecular complexity index is 892. The fourth-order valence-corrected chi connectivity index (χ4v) is 3.25. The number of benzene rings is 1. The monoisotopic (exact) mass is 468 g/mol. The summed E-state index contributed by atoms with van der Waals surface area (Å²) in [4.78, 5) is 23.9. The van der Waals surface area contributed by atoms with Crippen LogP contribution in [0.1, 0.15) is 18.4 Å². The largest absolute Gasteiger partial charge is 0.480 e. The lowest BCUT2D eigenvalue weighted by Crippen LogP contribution is -2.48. The predicted octanol–water partition coefficient (Wildman–Crippen LogP) is 2.53. The highest BCUT2D eigenvalue weighted by Crippen LogP contribution is 2.42. The summed E-state index contributed by atoms with van der Waals surface area (Å²) in [5.41, 5.74) is 4.32. The Morgan fingerprint density at radius 1 is 1.33 bits per heavy atom. The second-order valence-corrected chi connectivity index (χ2v) is 7.14. The normalized spacial score (nSPS) is 16.6. The number of carboxylic acid groups (broad SMARTS) is 1. The van der Waals surface area contributed by atoms with Crippen LogP contribution in [-0.4, -0.2) is 47.8 Å². The van der Waals surface area contributed by atoms with Gasteiger partial charge in [-0.1, -0.05) is 23.2 Å². The lowest BCUT2D eigenvalue weighted by Gasteiger charge is -2.29. The van der Waals surface area contributed by atoms with Crippen LogP contribution in [0, 0.1) is 5.41 Å². The van der Waals surface area contributed by atoms with Crippen LogP contribution in [0.3, 0.4) is 0 Å². The van der Waals surface area contributed by atoms with Crippen molar-refractivity contribution in [2.45, 2.75) is 31.2 Å². The van der Waals surface area contributed by atoms with Crippen molar-refractivity contribution in [2.24, 2.45) is 5.73 Å². The third-order valence-corrected chi connectivity index (χ3v) is 4.51. The van der Waals surface area contributed by atoms with Gasteiger partial charge in [0, 0.05) is 17.1 Å². The van der Waals surface area contributed by atoms with Gasteiger partial charge in [0.1, 0.15) is 11.8 Å². The maximum atomic E-state index is 13.5. The minimum absolute atomic E-state index is 0.0516. The number of rotatable bonds is 7. The molecule has 0 spiro atoms. The molecule has 1 amide bonds. The Labute approximate surface area is 178 Å². The molecule has 0 radical (unpaired) electrons. The number of carbonyl (C=O) groups is 2. The SMILES string of the molecule is N=C(N)NCCC[C@H](NC(=O)C1=Cc2cc(Cl)cc(Cl)c2OC1C(F)(F)F)C(=O)O. The summed E-state index contributed by atoms with van der Waals surface area (Å²) in [5, 5.41) is 20.8. The molecule has 0 saturated heterocycles. The highest BCUT2D eigenvalue weighted by atomic mass is 35.5. The summed E-state index contributed by atoms with van der Waals surface area (Å²) in [7, 11) is 0. The highest BCUT2D eigenvalue weighted by molar-refractivity contribution is 6.36. The summed E-state index contributed by atoms with van der Waals surface area (Å²) in [5.74, 6) is -3.30. The number of hydrogen-bond donors (Lipinski definition) is 5. The van der Waals surface area contributed by atoms with E-state index in [9.17, 15) is 27.9 Å². The second kappa shape index (κ2) is 9.43. The zero-order chi connectivity index (χ0) is 22.6. The van der Waals surface area contributed by atoms with E-state index < -0.39 is 35.8 Å². The van der Waals surface area contributed by atoms with Crippen LogP contribution in [0.5, 0.6) is 5.75 Å². The molecular weight excluding hydrogens is 452 g/mol. The van der Waals surface area contributed by atoms with Crippen molar-refractivity contribution in [3.8, 4) is 5.75 Å². The van der Waals surface area contributed by atoms with Gasteiger partial charge in [-0.25, -0.2) is 4.79 Å². The zero-order valence-electron chi connectivity index (χ0n) is 15.1. The van der Waals surface area contributed by atoms with Crippen LogP contribution in [0.15, 0.2) is 17.7 Å². The minimum Gasteiger partial charge on any atom is -0.480 e. The Kier molecular flexibility index (Phi) is 7.43. The molecule has 0 fully saturated rings. The number of halogens is 5. The number of nitrogens with two attached hydrogens (primary N) is 1. The first kappa shape index (κ1) is 23.6. The Morgan fingerprint density at radius 2 is 2.00 bits per heavy atom. The van der Waals surface area contributed by atoms with Gasteiger partial charge in [0.05, 0.1) is 10.6 Å². The average molecular weight is 469 g/mol. The fourth-order valence-electron chi connectivity index (χ4n) is 2.69. The van der Waals surface area contributed by atoms with Gasteiger partial charge in [0.25, 0.3) is 5.91 Å². The third kappa shape index (κ3) is 5.92.